The van der Waals surface area contributed by atoms with Crippen LogP contribution in [0.5, 0.6) is 0 Å². The maximum absolute atomic E-state index is 4.79. The number of rotatable bonds is 5. The molecule has 0 fully saturated rings. The average Bonchev–Trinajstić information content (AvgIpc) is 2.56. The second kappa shape index (κ2) is 6.13. The van der Waals surface area contributed by atoms with Crippen LogP contribution in [0.4, 0.5) is 0 Å². The van der Waals surface area contributed by atoms with Crippen molar-refractivity contribution in [3.05, 3.63) is 15.6 Å². The van der Waals surface area contributed by atoms with E-state index in [4.69, 9.17) is 4.98 Å². The second-order valence-electron chi connectivity index (χ2n) is 6.41. The lowest BCUT2D eigenvalue weighted by atomic mass is 10.1. The van der Waals surface area contributed by atoms with Gasteiger partial charge in [-0.15, -0.1) is 11.3 Å². The zero-order valence-corrected chi connectivity index (χ0v) is 13.6. The predicted molar refractivity (Wildman–Crippen MR) is 80.2 cm³/mol. The van der Waals surface area contributed by atoms with E-state index in [1.54, 1.807) is 0 Å². The molecule has 0 saturated carbocycles. The lowest BCUT2D eigenvalue weighted by molar-refractivity contribution is 0.401. The minimum atomic E-state index is 0.153. The summed E-state index contributed by atoms with van der Waals surface area (Å²) in [5.41, 5.74) is 1.41. The van der Waals surface area contributed by atoms with Gasteiger partial charge in [0.15, 0.2) is 0 Å². The molecule has 104 valence electrons. The molecule has 0 unspecified atom stereocenters. The van der Waals surface area contributed by atoms with Crippen molar-refractivity contribution in [1.82, 2.24) is 15.2 Å². The zero-order valence-electron chi connectivity index (χ0n) is 12.8. The molecule has 0 aliphatic heterocycles. The fraction of sp³-hybridized carbons (Fsp3) is 0.786. The van der Waals surface area contributed by atoms with E-state index in [0.717, 1.165) is 13.1 Å². The van der Waals surface area contributed by atoms with Crippen molar-refractivity contribution in [2.45, 2.75) is 59.2 Å². The summed E-state index contributed by atoms with van der Waals surface area (Å²) in [5, 5.41) is 4.77. The Labute approximate surface area is 116 Å². The number of aromatic nitrogens is 1. The monoisotopic (exact) mass is 269 g/mol. The Hall–Kier alpha value is -0.450. The molecule has 1 rings (SSSR count). The number of hydrogen-bond acceptors (Lipinski definition) is 4. The van der Waals surface area contributed by atoms with E-state index in [1.807, 2.05) is 11.3 Å². The SMILES string of the molecule is CC(C)c1nc(CN(C)C)sc1CNC(C)(C)C. The van der Waals surface area contributed by atoms with Crippen LogP contribution in [0, 0.1) is 0 Å². The summed E-state index contributed by atoms with van der Waals surface area (Å²) in [6.45, 7) is 12.9. The number of thiazole rings is 1. The Bertz CT molecular complexity index is 375. The van der Waals surface area contributed by atoms with Gasteiger partial charge in [0.2, 0.25) is 0 Å². The van der Waals surface area contributed by atoms with E-state index in [1.165, 1.54) is 15.6 Å². The summed E-state index contributed by atoms with van der Waals surface area (Å²) in [6, 6.07) is 0. The molecule has 0 aliphatic carbocycles. The number of hydrogen-bond donors (Lipinski definition) is 1. The van der Waals surface area contributed by atoms with Crippen molar-refractivity contribution in [1.29, 1.82) is 0 Å². The normalized spacial score (nSPS) is 12.7. The smallest absolute Gasteiger partial charge is 0.107 e. The highest BCUT2D eigenvalue weighted by atomic mass is 32.1. The molecular formula is C14H27N3S. The Kier molecular flexibility index (Phi) is 5.32. The fourth-order valence-electron chi connectivity index (χ4n) is 1.68. The van der Waals surface area contributed by atoms with Gasteiger partial charge in [-0.25, -0.2) is 4.98 Å². The molecule has 3 nitrogen and oxygen atoms in total. The minimum absolute atomic E-state index is 0.153. The molecule has 1 N–H and O–H groups in total. The second-order valence-corrected chi connectivity index (χ2v) is 7.58. The lowest BCUT2D eigenvalue weighted by Gasteiger charge is -2.20. The van der Waals surface area contributed by atoms with Crippen LogP contribution in [0.25, 0.3) is 0 Å². The third-order valence-corrected chi connectivity index (χ3v) is 3.61. The minimum Gasteiger partial charge on any atom is -0.307 e. The van der Waals surface area contributed by atoms with Crippen LogP contribution in [0.3, 0.4) is 0 Å². The Morgan fingerprint density at radius 1 is 1.28 bits per heavy atom. The van der Waals surface area contributed by atoms with Crippen LogP contribution in [-0.4, -0.2) is 29.5 Å². The average molecular weight is 269 g/mol. The van der Waals surface area contributed by atoms with E-state index >= 15 is 0 Å². The molecule has 0 aromatic carbocycles. The van der Waals surface area contributed by atoms with Crippen LogP contribution in [0.15, 0.2) is 0 Å². The summed E-state index contributed by atoms with van der Waals surface area (Å²) in [7, 11) is 4.17. The topological polar surface area (TPSA) is 28.2 Å². The number of nitrogens with zero attached hydrogens (tertiary/aromatic N) is 2. The summed E-state index contributed by atoms with van der Waals surface area (Å²) in [4.78, 5) is 8.34. The van der Waals surface area contributed by atoms with E-state index in [2.05, 4.69) is 58.9 Å². The van der Waals surface area contributed by atoms with Crippen molar-refractivity contribution in [3.8, 4) is 0 Å². The molecule has 0 atom stereocenters. The van der Waals surface area contributed by atoms with Gasteiger partial charge >= 0.3 is 0 Å². The maximum Gasteiger partial charge on any atom is 0.107 e. The van der Waals surface area contributed by atoms with Gasteiger partial charge in [0.1, 0.15) is 5.01 Å². The van der Waals surface area contributed by atoms with Crippen molar-refractivity contribution < 1.29 is 0 Å². The Balaban J connectivity index is 2.84. The van der Waals surface area contributed by atoms with Crippen molar-refractivity contribution >= 4 is 11.3 Å². The first kappa shape index (κ1) is 15.6. The van der Waals surface area contributed by atoms with E-state index in [0.29, 0.717) is 5.92 Å². The van der Waals surface area contributed by atoms with Gasteiger partial charge in [-0.2, -0.15) is 0 Å². The van der Waals surface area contributed by atoms with Crippen molar-refractivity contribution in [3.63, 3.8) is 0 Å². The predicted octanol–water partition coefficient (Wildman–Crippen LogP) is 3.22. The summed E-state index contributed by atoms with van der Waals surface area (Å²) < 4.78 is 0. The van der Waals surface area contributed by atoms with Crippen LogP contribution in [-0.2, 0) is 13.1 Å². The van der Waals surface area contributed by atoms with Crippen molar-refractivity contribution in [2.75, 3.05) is 14.1 Å². The van der Waals surface area contributed by atoms with E-state index in [9.17, 15) is 0 Å². The van der Waals surface area contributed by atoms with Crippen molar-refractivity contribution in [2.24, 2.45) is 0 Å². The van der Waals surface area contributed by atoms with Crippen LogP contribution < -0.4 is 5.32 Å². The van der Waals surface area contributed by atoms with Gasteiger partial charge in [0, 0.05) is 23.5 Å². The lowest BCUT2D eigenvalue weighted by Crippen LogP contribution is -2.35. The first-order valence-electron chi connectivity index (χ1n) is 6.57. The fourth-order valence-corrected chi connectivity index (χ4v) is 2.96. The molecule has 1 heterocycles. The van der Waals surface area contributed by atoms with E-state index < -0.39 is 0 Å². The Morgan fingerprint density at radius 2 is 1.89 bits per heavy atom. The molecule has 0 aliphatic rings. The molecular weight excluding hydrogens is 242 g/mol. The first-order valence-corrected chi connectivity index (χ1v) is 7.39. The largest absolute Gasteiger partial charge is 0.307 e. The van der Waals surface area contributed by atoms with Crippen LogP contribution in [0.1, 0.15) is 56.1 Å². The van der Waals surface area contributed by atoms with Gasteiger partial charge in [-0.05, 0) is 40.8 Å². The molecule has 1 aromatic rings. The quantitative estimate of drug-likeness (QED) is 0.889. The third kappa shape index (κ3) is 5.04. The van der Waals surface area contributed by atoms with Gasteiger partial charge in [0.05, 0.1) is 5.69 Å². The molecule has 0 radical (unpaired) electrons. The zero-order chi connectivity index (χ0) is 13.9. The van der Waals surface area contributed by atoms with Gasteiger partial charge < -0.3 is 10.2 Å². The summed E-state index contributed by atoms with van der Waals surface area (Å²) in [5.74, 6) is 0.494. The van der Waals surface area contributed by atoms with E-state index in [-0.39, 0.29) is 5.54 Å². The summed E-state index contributed by atoms with van der Waals surface area (Å²) in [6.07, 6.45) is 0. The molecule has 0 spiro atoms. The van der Waals surface area contributed by atoms with Gasteiger partial charge in [-0.1, -0.05) is 13.8 Å². The molecule has 0 amide bonds. The van der Waals surface area contributed by atoms with Gasteiger partial charge in [-0.3, -0.25) is 0 Å². The highest BCUT2D eigenvalue weighted by molar-refractivity contribution is 7.11. The van der Waals surface area contributed by atoms with Crippen LogP contribution in [0.2, 0.25) is 0 Å². The molecule has 0 saturated heterocycles. The third-order valence-electron chi connectivity index (χ3n) is 2.55. The standard InChI is InChI=1S/C14H27N3S/c1-10(2)13-11(8-15-14(3,4)5)18-12(16-13)9-17(6)7/h10,15H,8-9H2,1-7H3. The highest BCUT2D eigenvalue weighted by Crippen LogP contribution is 2.26. The van der Waals surface area contributed by atoms with Crippen LogP contribution >= 0.6 is 11.3 Å². The van der Waals surface area contributed by atoms with Gasteiger partial charge in [0.25, 0.3) is 0 Å². The molecule has 0 bridgehead atoms. The molecule has 4 heteroatoms. The molecule has 18 heavy (non-hydrogen) atoms. The first-order chi connectivity index (χ1) is 8.19. The Morgan fingerprint density at radius 3 is 2.33 bits per heavy atom. The number of nitrogens with one attached hydrogen (secondary N) is 1. The summed E-state index contributed by atoms with van der Waals surface area (Å²) >= 11 is 1.84. The highest BCUT2D eigenvalue weighted by Gasteiger charge is 2.16. The molecule has 1 aromatic heterocycles. The maximum atomic E-state index is 4.79.